The van der Waals surface area contributed by atoms with Crippen LogP contribution in [-0.4, -0.2) is 61.7 Å². The van der Waals surface area contributed by atoms with Gasteiger partial charge >= 0.3 is 0 Å². The Morgan fingerprint density at radius 1 is 1.03 bits per heavy atom. The fourth-order valence-corrected chi connectivity index (χ4v) is 4.74. The number of carbonyl (C=O) groups is 2. The maximum Gasteiger partial charge on any atom is 0.289 e. The zero-order chi connectivity index (χ0) is 23.0. The van der Waals surface area contributed by atoms with Gasteiger partial charge in [0.2, 0.25) is 5.09 Å². The molecule has 1 aliphatic rings. The molecule has 0 spiro atoms. The molecule has 168 valence electrons. The summed E-state index contributed by atoms with van der Waals surface area (Å²) in [4.78, 5) is 28.3. The first-order chi connectivity index (χ1) is 14.4. The Hall–Kier alpha value is -2.43. The molecule has 2 amide bonds. The lowest BCUT2D eigenvalue weighted by atomic mass is 10.1. The predicted molar refractivity (Wildman–Crippen MR) is 112 cm³/mol. The van der Waals surface area contributed by atoms with E-state index in [0.29, 0.717) is 0 Å². The van der Waals surface area contributed by atoms with Crippen molar-refractivity contribution in [2.75, 3.05) is 26.2 Å². The first kappa shape index (κ1) is 23.2. The van der Waals surface area contributed by atoms with Crippen molar-refractivity contribution in [3.05, 3.63) is 52.5 Å². The van der Waals surface area contributed by atoms with Crippen LogP contribution in [0.3, 0.4) is 0 Å². The summed E-state index contributed by atoms with van der Waals surface area (Å²) >= 11 is 5.96. The van der Waals surface area contributed by atoms with E-state index in [9.17, 15) is 22.4 Å². The first-order valence-electron chi connectivity index (χ1n) is 9.55. The van der Waals surface area contributed by atoms with Gasteiger partial charge in [-0.15, -0.1) is 0 Å². The molecule has 1 fully saturated rings. The van der Waals surface area contributed by atoms with E-state index >= 15 is 0 Å². The molecule has 11 heteroatoms. The minimum atomic E-state index is -3.90. The van der Waals surface area contributed by atoms with Crippen LogP contribution in [0.5, 0.6) is 0 Å². The van der Waals surface area contributed by atoms with Gasteiger partial charge < -0.3 is 14.2 Å². The number of amides is 2. The lowest BCUT2D eigenvalue weighted by Gasteiger charge is -2.34. The second-order valence-electron chi connectivity index (χ2n) is 8.18. The topological polar surface area (TPSA) is 99.9 Å². The van der Waals surface area contributed by atoms with Crippen molar-refractivity contribution >= 4 is 33.4 Å². The fraction of sp³-hybridized carbons (Fsp3) is 0.400. The molecule has 0 bridgehead atoms. The van der Waals surface area contributed by atoms with Crippen molar-refractivity contribution in [2.24, 2.45) is 0 Å². The number of furan rings is 1. The second-order valence-corrected chi connectivity index (χ2v) is 10.2. The first-order valence-corrected chi connectivity index (χ1v) is 11.4. The molecule has 1 N–H and O–H groups in total. The van der Waals surface area contributed by atoms with Crippen LogP contribution in [0.1, 0.15) is 41.7 Å². The third kappa shape index (κ3) is 5.44. The Balaban J connectivity index is 1.64. The highest BCUT2D eigenvalue weighted by Crippen LogP contribution is 2.21. The number of sulfonamides is 1. The van der Waals surface area contributed by atoms with E-state index in [1.807, 2.05) is 0 Å². The zero-order valence-corrected chi connectivity index (χ0v) is 18.9. The summed E-state index contributed by atoms with van der Waals surface area (Å²) in [6.45, 7) is 6.03. The van der Waals surface area contributed by atoms with E-state index in [2.05, 4.69) is 4.72 Å². The average molecular weight is 472 g/mol. The molecule has 2 heterocycles. The van der Waals surface area contributed by atoms with Gasteiger partial charge in [0.1, 0.15) is 5.82 Å². The van der Waals surface area contributed by atoms with Crippen LogP contribution < -0.4 is 4.72 Å². The lowest BCUT2D eigenvalue weighted by molar-refractivity contribution is 0.0515. The number of carbonyl (C=O) groups excluding carboxylic acids is 2. The van der Waals surface area contributed by atoms with E-state index in [0.717, 1.165) is 12.1 Å². The molecule has 1 aliphatic heterocycles. The molecule has 0 unspecified atom stereocenters. The number of nitrogens with zero attached hydrogens (tertiary/aromatic N) is 2. The number of halogens is 2. The largest absolute Gasteiger partial charge is 0.438 e. The maximum atomic E-state index is 13.2. The van der Waals surface area contributed by atoms with Crippen molar-refractivity contribution in [1.82, 2.24) is 14.5 Å². The monoisotopic (exact) mass is 471 g/mol. The van der Waals surface area contributed by atoms with E-state index in [1.54, 1.807) is 20.8 Å². The molecule has 31 heavy (non-hydrogen) atoms. The summed E-state index contributed by atoms with van der Waals surface area (Å²) in [7, 11) is -3.90. The minimum Gasteiger partial charge on any atom is -0.438 e. The fourth-order valence-electron chi connectivity index (χ4n) is 3.13. The molecular formula is C20H23ClFN3O5S. The van der Waals surface area contributed by atoms with Crippen molar-refractivity contribution in [3.8, 4) is 0 Å². The van der Waals surface area contributed by atoms with Crippen molar-refractivity contribution in [3.63, 3.8) is 0 Å². The van der Waals surface area contributed by atoms with Crippen molar-refractivity contribution in [2.45, 2.75) is 31.4 Å². The Kier molecular flexibility index (Phi) is 6.45. The third-order valence-corrected chi connectivity index (χ3v) is 6.46. The summed E-state index contributed by atoms with van der Waals surface area (Å²) in [5.41, 5.74) is -0.512. The summed E-state index contributed by atoms with van der Waals surface area (Å²) in [5.74, 6) is -1.45. The Morgan fingerprint density at radius 2 is 1.61 bits per heavy atom. The molecule has 2 aromatic rings. The van der Waals surface area contributed by atoms with E-state index in [1.165, 1.54) is 28.0 Å². The highest BCUT2D eigenvalue weighted by atomic mass is 35.5. The zero-order valence-electron chi connectivity index (χ0n) is 17.3. The number of hydrogen-bond donors (Lipinski definition) is 1. The van der Waals surface area contributed by atoms with Gasteiger partial charge in [0.05, 0.1) is 10.6 Å². The van der Waals surface area contributed by atoms with E-state index in [4.69, 9.17) is 16.0 Å². The second kappa shape index (κ2) is 8.60. The molecule has 0 aliphatic carbocycles. The van der Waals surface area contributed by atoms with Crippen LogP contribution in [-0.2, 0) is 10.0 Å². The van der Waals surface area contributed by atoms with Gasteiger partial charge in [-0.2, -0.15) is 0 Å². The van der Waals surface area contributed by atoms with Gasteiger partial charge in [0.25, 0.3) is 21.8 Å². The molecule has 1 saturated heterocycles. The normalized spacial score (nSPS) is 15.3. The van der Waals surface area contributed by atoms with Crippen LogP contribution in [0.4, 0.5) is 4.39 Å². The highest BCUT2D eigenvalue weighted by molar-refractivity contribution is 7.89. The van der Waals surface area contributed by atoms with Crippen LogP contribution in [0.2, 0.25) is 5.02 Å². The number of rotatable bonds is 4. The van der Waals surface area contributed by atoms with Crippen LogP contribution in [0, 0.1) is 5.82 Å². The average Bonchev–Trinajstić information content (AvgIpc) is 3.16. The summed E-state index contributed by atoms with van der Waals surface area (Å²) < 4.78 is 45.7. The molecule has 0 atom stereocenters. The van der Waals surface area contributed by atoms with Gasteiger partial charge in [-0.3, -0.25) is 9.59 Å². The third-order valence-electron chi connectivity index (χ3n) is 4.51. The Bertz CT molecular complexity index is 1100. The summed E-state index contributed by atoms with van der Waals surface area (Å²) in [6.07, 6.45) is 0. The summed E-state index contributed by atoms with van der Waals surface area (Å²) in [5, 5.41) is -0.317. The number of nitrogens with one attached hydrogen (secondary N) is 1. The van der Waals surface area contributed by atoms with Crippen LogP contribution >= 0.6 is 11.6 Å². The van der Waals surface area contributed by atoms with Crippen LogP contribution in [0.15, 0.2) is 39.8 Å². The summed E-state index contributed by atoms with van der Waals surface area (Å²) in [6, 6.07) is 6.11. The molecule has 0 saturated carbocycles. The maximum absolute atomic E-state index is 13.2. The van der Waals surface area contributed by atoms with Gasteiger partial charge in [-0.1, -0.05) is 11.6 Å². The molecular weight excluding hydrogens is 449 g/mol. The Labute approximate surface area is 185 Å². The van der Waals surface area contributed by atoms with E-state index < -0.39 is 27.3 Å². The smallest absolute Gasteiger partial charge is 0.289 e. The van der Waals surface area contributed by atoms with Gasteiger partial charge in [0, 0.05) is 31.7 Å². The highest BCUT2D eigenvalue weighted by Gasteiger charge is 2.30. The SMILES string of the molecule is CC(C)(C)NS(=O)(=O)c1ccc(C(=O)N2CCN(C(=O)c3ccc(F)cc3Cl)CC2)o1. The van der Waals surface area contributed by atoms with Crippen molar-refractivity contribution in [1.29, 1.82) is 0 Å². The molecule has 8 nitrogen and oxygen atoms in total. The number of hydrogen-bond acceptors (Lipinski definition) is 5. The van der Waals surface area contributed by atoms with E-state index in [-0.39, 0.29) is 53.5 Å². The number of benzene rings is 1. The molecule has 3 rings (SSSR count). The van der Waals surface area contributed by atoms with Gasteiger partial charge in [-0.25, -0.2) is 17.5 Å². The molecule has 1 aromatic carbocycles. The standard InChI is InChI=1S/C20H23ClFN3O5S/c1-20(2,3)23-31(28,29)17-7-6-16(30-17)19(27)25-10-8-24(9-11-25)18(26)14-5-4-13(22)12-15(14)21/h4-7,12,23H,8-11H2,1-3H3. The molecule has 0 radical (unpaired) electrons. The van der Waals surface area contributed by atoms with Crippen LogP contribution in [0.25, 0.3) is 0 Å². The predicted octanol–water partition coefficient (Wildman–Crippen LogP) is 2.75. The van der Waals surface area contributed by atoms with Gasteiger partial charge in [0.15, 0.2) is 5.76 Å². The lowest BCUT2D eigenvalue weighted by Crippen LogP contribution is -2.50. The number of piperazine rings is 1. The van der Waals surface area contributed by atoms with Gasteiger partial charge in [-0.05, 0) is 51.1 Å². The molecule has 1 aromatic heterocycles. The minimum absolute atomic E-state index is 0.0247. The van der Waals surface area contributed by atoms with Crippen molar-refractivity contribution < 1.29 is 26.8 Å². The quantitative estimate of drug-likeness (QED) is 0.739. The Morgan fingerprint density at radius 3 is 2.16 bits per heavy atom.